The van der Waals surface area contributed by atoms with Gasteiger partial charge in [-0.2, -0.15) is 0 Å². The highest BCUT2D eigenvalue weighted by molar-refractivity contribution is 6.01. The van der Waals surface area contributed by atoms with Gasteiger partial charge >= 0.3 is 5.97 Å². The second-order valence-corrected chi connectivity index (χ2v) is 5.63. The van der Waals surface area contributed by atoms with Gasteiger partial charge in [0.25, 0.3) is 0 Å². The molecule has 0 amide bonds. The molecule has 134 valence electrons. The van der Waals surface area contributed by atoms with E-state index in [-0.39, 0.29) is 0 Å². The molecule has 26 heavy (non-hydrogen) atoms. The number of nitrogens with one attached hydrogen (secondary N) is 1. The monoisotopic (exact) mass is 351 g/mol. The summed E-state index contributed by atoms with van der Waals surface area (Å²) in [6.45, 7) is 2.55. The minimum atomic E-state index is -0.409. The molecular formula is C21H21NO4. The first-order valence-corrected chi connectivity index (χ1v) is 8.35. The Bertz CT molecular complexity index is 879. The molecule has 5 nitrogen and oxygen atoms in total. The summed E-state index contributed by atoms with van der Waals surface area (Å²) >= 11 is 0. The van der Waals surface area contributed by atoms with Crippen LogP contribution in [-0.4, -0.2) is 31.8 Å². The number of carbonyl (C=O) groups excluding carboxylic acids is 1. The van der Waals surface area contributed by atoms with E-state index in [0.717, 1.165) is 33.8 Å². The third kappa shape index (κ3) is 3.42. The third-order valence-corrected chi connectivity index (χ3v) is 4.12. The molecule has 0 aliphatic carbocycles. The van der Waals surface area contributed by atoms with Crippen LogP contribution in [0.15, 0.2) is 54.7 Å². The standard InChI is InChI=1S/C21H21NO4/c1-4-26-17-11-7-15(8-12-17)19-18(13-22-20(19)21(23)25-3)14-5-9-16(24-2)10-6-14/h5-13,22H,4H2,1-3H3. The van der Waals surface area contributed by atoms with Gasteiger partial charge in [0, 0.05) is 17.3 Å². The van der Waals surface area contributed by atoms with Gasteiger partial charge in [0.15, 0.2) is 0 Å². The first-order valence-electron chi connectivity index (χ1n) is 8.35. The SMILES string of the molecule is CCOc1ccc(-c2c(-c3ccc(OC)cc3)c[nH]c2C(=O)OC)cc1. The molecule has 3 aromatic rings. The zero-order chi connectivity index (χ0) is 18.5. The fourth-order valence-electron chi connectivity index (χ4n) is 2.87. The van der Waals surface area contributed by atoms with E-state index in [9.17, 15) is 4.79 Å². The van der Waals surface area contributed by atoms with E-state index in [1.54, 1.807) is 7.11 Å². The van der Waals surface area contributed by atoms with Crippen molar-refractivity contribution in [3.63, 3.8) is 0 Å². The summed E-state index contributed by atoms with van der Waals surface area (Å²) in [5, 5.41) is 0. The lowest BCUT2D eigenvalue weighted by atomic mass is 9.96. The Hall–Kier alpha value is -3.21. The number of carbonyl (C=O) groups is 1. The van der Waals surface area contributed by atoms with Gasteiger partial charge in [-0.1, -0.05) is 24.3 Å². The van der Waals surface area contributed by atoms with Crippen molar-refractivity contribution in [2.24, 2.45) is 0 Å². The molecule has 0 bridgehead atoms. The maximum absolute atomic E-state index is 12.2. The van der Waals surface area contributed by atoms with Crippen LogP contribution >= 0.6 is 0 Å². The Morgan fingerprint density at radius 3 is 2.12 bits per heavy atom. The molecule has 0 spiro atoms. The van der Waals surface area contributed by atoms with Gasteiger partial charge in [0.05, 0.1) is 20.8 Å². The van der Waals surface area contributed by atoms with Gasteiger partial charge in [-0.25, -0.2) is 4.79 Å². The van der Waals surface area contributed by atoms with Gasteiger partial charge in [-0.15, -0.1) is 0 Å². The average molecular weight is 351 g/mol. The van der Waals surface area contributed by atoms with Crippen LogP contribution in [0.3, 0.4) is 0 Å². The maximum Gasteiger partial charge on any atom is 0.355 e. The molecule has 2 aromatic carbocycles. The zero-order valence-electron chi connectivity index (χ0n) is 15.0. The predicted octanol–water partition coefficient (Wildman–Crippen LogP) is 4.54. The van der Waals surface area contributed by atoms with E-state index in [1.807, 2.05) is 61.7 Å². The lowest BCUT2D eigenvalue weighted by Crippen LogP contribution is -2.03. The second-order valence-electron chi connectivity index (χ2n) is 5.63. The normalized spacial score (nSPS) is 10.4. The summed E-state index contributed by atoms with van der Waals surface area (Å²) in [4.78, 5) is 15.3. The molecule has 5 heteroatoms. The molecule has 0 aliphatic rings. The highest BCUT2D eigenvalue weighted by atomic mass is 16.5. The highest BCUT2D eigenvalue weighted by Crippen LogP contribution is 2.36. The van der Waals surface area contributed by atoms with E-state index in [0.29, 0.717) is 12.3 Å². The number of rotatable bonds is 6. The number of benzene rings is 2. The van der Waals surface area contributed by atoms with Crippen LogP contribution in [0, 0.1) is 0 Å². The van der Waals surface area contributed by atoms with Gasteiger partial charge in [-0.3, -0.25) is 0 Å². The molecular weight excluding hydrogens is 330 g/mol. The summed E-state index contributed by atoms with van der Waals surface area (Å²) in [5.74, 6) is 1.16. The summed E-state index contributed by atoms with van der Waals surface area (Å²) < 4.78 is 15.7. The van der Waals surface area contributed by atoms with E-state index >= 15 is 0 Å². The lowest BCUT2D eigenvalue weighted by Gasteiger charge is -2.09. The van der Waals surface area contributed by atoms with Gasteiger partial charge in [0.1, 0.15) is 17.2 Å². The van der Waals surface area contributed by atoms with Gasteiger partial charge in [0.2, 0.25) is 0 Å². The van der Waals surface area contributed by atoms with E-state index in [2.05, 4.69) is 4.98 Å². The fourth-order valence-corrected chi connectivity index (χ4v) is 2.87. The Kier molecular flexibility index (Phi) is 5.27. The minimum Gasteiger partial charge on any atom is -0.497 e. The number of esters is 1. The van der Waals surface area contributed by atoms with Crippen molar-refractivity contribution in [2.75, 3.05) is 20.8 Å². The van der Waals surface area contributed by atoms with Gasteiger partial charge in [-0.05, 0) is 42.3 Å². The first kappa shape index (κ1) is 17.6. The summed E-state index contributed by atoms with van der Waals surface area (Å²) in [7, 11) is 3.00. The number of methoxy groups -OCH3 is 2. The van der Waals surface area contributed by atoms with Crippen LogP contribution in [0.2, 0.25) is 0 Å². The van der Waals surface area contributed by atoms with Crippen molar-refractivity contribution in [2.45, 2.75) is 6.92 Å². The molecule has 0 atom stereocenters. The number of hydrogen-bond acceptors (Lipinski definition) is 4. The maximum atomic E-state index is 12.2. The number of aromatic amines is 1. The number of ether oxygens (including phenoxy) is 3. The third-order valence-electron chi connectivity index (χ3n) is 4.12. The minimum absolute atomic E-state index is 0.409. The molecule has 1 heterocycles. The van der Waals surface area contributed by atoms with E-state index < -0.39 is 5.97 Å². The molecule has 0 saturated heterocycles. The summed E-state index contributed by atoms with van der Waals surface area (Å²) in [6, 6.07) is 15.4. The van der Waals surface area contributed by atoms with Crippen molar-refractivity contribution in [3.05, 3.63) is 60.4 Å². The zero-order valence-corrected chi connectivity index (χ0v) is 15.0. The second kappa shape index (κ2) is 7.78. The van der Waals surface area contributed by atoms with Crippen LogP contribution in [0.1, 0.15) is 17.4 Å². The Labute approximate surface area is 152 Å². The Morgan fingerprint density at radius 2 is 1.54 bits per heavy atom. The van der Waals surface area contributed by atoms with Gasteiger partial charge < -0.3 is 19.2 Å². The summed E-state index contributed by atoms with van der Waals surface area (Å²) in [5.41, 5.74) is 4.01. The first-order chi connectivity index (χ1) is 12.7. The number of hydrogen-bond donors (Lipinski definition) is 1. The molecule has 1 N–H and O–H groups in total. The molecule has 0 radical (unpaired) electrons. The number of aromatic nitrogens is 1. The van der Waals surface area contributed by atoms with E-state index in [1.165, 1.54) is 7.11 Å². The number of H-pyrrole nitrogens is 1. The molecule has 0 unspecified atom stereocenters. The van der Waals surface area contributed by atoms with Crippen molar-refractivity contribution >= 4 is 5.97 Å². The van der Waals surface area contributed by atoms with Crippen LogP contribution in [-0.2, 0) is 4.74 Å². The van der Waals surface area contributed by atoms with Crippen LogP contribution in [0.25, 0.3) is 22.3 Å². The molecule has 0 saturated carbocycles. The molecule has 0 aliphatic heterocycles. The topological polar surface area (TPSA) is 60.5 Å². The van der Waals surface area contributed by atoms with Crippen molar-refractivity contribution < 1.29 is 19.0 Å². The van der Waals surface area contributed by atoms with Crippen LogP contribution in [0.4, 0.5) is 0 Å². The highest BCUT2D eigenvalue weighted by Gasteiger charge is 2.20. The van der Waals surface area contributed by atoms with Crippen molar-refractivity contribution in [1.82, 2.24) is 4.98 Å². The summed E-state index contributed by atoms with van der Waals surface area (Å²) in [6.07, 6.45) is 1.82. The largest absolute Gasteiger partial charge is 0.497 e. The van der Waals surface area contributed by atoms with E-state index in [4.69, 9.17) is 14.2 Å². The molecule has 0 fully saturated rings. The van der Waals surface area contributed by atoms with Crippen molar-refractivity contribution in [3.8, 4) is 33.8 Å². The molecule has 3 rings (SSSR count). The Morgan fingerprint density at radius 1 is 0.923 bits per heavy atom. The average Bonchev–Trinajstić information content (AvgIpc) is 3.13. The van der Waals surface area contributed by atoms with Crippen LogP contribution in [0.5, 0.6) is 11.5 Å². The smallest absolute Gasteiger partial charge is 0.355 e. The quantitative estimate of drug-likeness (QED) is 0.662. The fraction of sp³-hybridized carbons (Fsp3) is 0.190. The Balaban J connectivity index is 2.10. The van der Waals surface area contributed by atoms with Crippen molar-refractivity contribution in [1.29, 1.82) is 0 Å². The predicted molar refractivity (Wildman–Crippen MR) is 101 cm³/mol. The molecule has 1 aromatic heterocycles. The lowest BCUT2D eigenvalue weighted by molar-refractivity contribution is 0.0595. The van der Waals surface area contributed by atoms with Crippen LogP contribution < -0.4 is 9.47 Å².